The van der Waals surface area contributed by atoms with Gasteiger partial charge in [-0.2, -0.15) is 0 Å². The highest BCUT2D eigenvalue weighted by Crippen LogP contribution is 2.30. The molecule has 0 unspecified atom stereocenters. The highest BCUT2D eigenvalue weighted by Gasteiger charge is 2.23. The van der Waals surface area contributed by atoms with Gasteiger partial charge < -0.3 is 0 Å². The minimum atomic E-state index is -4.12. The molecule has 0 bridgehead atoms. The second kappa shape index (κ2) is 5.84. The smallest absolute Gasteiger partial charge is 0.273 e. The minimum absolute atomic E-state index is 0.149. The van der Waals surface area contributed by atoms with E-state index >= 15 is 0 Å². The fraction of sp³-hybridized carbons (Fsp3) is 0. The molecule has 0 fully saturated rings. The summed E-state index contributed by atoms with van der Waals surface area (Å²) in [6.45, 7) is 0. The molecule has 2 rings (SSSR count). The molecule has 0 aliphatic carbocycles. The van der Waals surface area contributed by atoms with Crippen molar-refractivity contribution in [2.75, 3.05) is 4.72 Å². The Bertz CT molecular complexity index is 811. The third-order valence-electron chi connectivity index (χ3n) is 2.41. The van der Waals surface area contributed by atoms with Crippen LogP contribution in [-0.2, 0) is 10.0 Å². The lowest BCUT2D eigenvalue weighted by molar-refractivity contribution is -0.383. The molecule has 0 amide bonds. The van der Waals surface area contributed by atoms with Gasteiger partial charge in [-0.25, -0.2) is 13.4 Å². The van der Waals surface area contributed by atoms with Crippen molar-refractivity contribution in [2.24, 2.45) is 0 Å². The van der Waals surface area contributed by atoms with E-state index in [0.29, 0.717) is 0 Å². The summed E-state index contributed by atoms with van der Waals surface area (Å²) in [5.41, 5.74) is -0.685. The summed E-state index contributed by atoms with van der Waals surface area (Å²) >= 11 is 11.5. The molecule has 0 aliphatic rings. The van der Waals surface area contributed by atoms with Gasteiger partial charge in [-0.1, -0.05) is 23.2 Å². The first-order chi connectivity index (χ1) is 9.81. The zero-order chi connectivity index (χ0) is 15.6. The number of nitrogens with zero attached hydrogens (tertiary/aromatic N) is 2. The van der Waals surface area contributed by atoms with Crippen molar-refractivity contribution in [3.63, 3.8) is 0 Å². The highest BCUT2D eigenvalue weighted by atomic mass is 35.5. The van der Waals surface area contributed by atoms with Crippen molar-refractivity contribution in [2.45, 2.75) is 4.90 Å². The van der Waals surface area contributed by atoms with Gasteiger partial charge in [-0.05, 0) is 24.3 Å². The van der Waals surface area contributed by atoms with Crippen LogP contribution in [0.15, 0.2) is 41.4 Å². The number of nitrogens with one attached hydrogen (secondary N) is 1. The minimum Gasteiger partial charge on any atom is -0.273 e. The van der Waals surface area contributed by atoms with Crippen molar-refractivity contribution < 1.29 is 13.3 Å². The van der Waals surface area contributed by atoms with Crippen LogP contribution in [0.5, 0.6) is 0 Å². The number of benzene rings is 1. The number of hydrogen-bond acceptors (Lipinski definition) is 5. The number of hydrogen-bond donors (Lipinski definition) is 1. The van der Waals surface area contributed by atoms with Gasteiger partial charge in [0.1, 0.15) is 15.7 Å². The first-order valence-corrected chi connectivity index (χ1v) is 7.62. The molecule has 0 spiro atoms. The van der Waals surface area contributed by atoms with Gasteiger partial charge in [-0.15, -0.1) is 0 Å². The summed E-state index contributed by atoms with van der Waals surface area (Å²) in [6.07, 6.45) is 1.32. The van der Waals surface area contributed by atoms with E-state index in [-0.39, 0.29) is 20.8 Å². The quantitative estimate of drug-likeness (QED) is 0.520. The number of nitro benzene ring substituents is 1. The molecule has 10 heteroatoms. The second-order valence-corrected chi connectivity index (χ2v) is 6.26. The van der Waals surface area contributed by atoms with Crippen LogP contribution < -0.4 is 4.72 Å². The van der Waals surface area contributed by atoms with E-state index in [4.69, 9.17) is 23.2 Å². The number of anilines is 1. The Labute approximate surface area is 129 Å². The number of sulfonamides is 1. The largest absolute Gasteiger partial charge is 0.293 e. The average molecular weight is 348 g/mol. The molecule has 0 saturated heterocycles. The number of rotatable bonds is 4. The van der Waals surface area contributed by atoms with Gasteiger partial charge in [0.05, 0.1) is 4.92 Å². The maximum atomic E-state index is 12.2. The predicted molar refractivity (Wildman–Crippen MR) is 78.2 cm³/mol. The van der Waals surface area contributed by atoms with Crippen molar-refractivity contribution >= 4 is 44.6 Å². The summed E-state index contributed by atoms with van der Waals surface area (Å²) in [5, 5.41) is 10.8. The summed E-state index contributed by atoms with van der Waals surface area (Å²) in [4.78, 5) is 13.5. The third-order valence-corrected chi connectivity index (χ3v) is 4.46. The van der Waals surface area contributed by atoms with Crippen LogP contribution in [0.4, 0.5) is 11.4 Å². The molecule has 110 valence electrons. The van der Waals surface area contributed by atoms with E-state index in [9.17, 15) is 18.5 Å². The van der Waals surface area contributed by atoms with Gasteiger partial charge in [-0.3, -0.25) is 14.8 Å². The van der Waals surface area contributed by atoms with Gasteiger partial charge in [0.25, 0.3) is 15.7 Å². The molecular weight excluding hydrogens is 341 g/mol. The van der Waals surface area contributed by atoms with E-state index in [1.165, 1.54) is 24.4 Å². The van der Waals surface area contributed by atoms with E-state index in [0.717, 1.165) is 12.1 Å². The zero-order valence-electron chi connectivity index (χ0n) is 10.2. The van der Waals surface area contributed by atoms with Crippen molar-refractivity contribution in [1.29, 1.82) is 0 Å². The van der Waals surface area contributed by atoms with Crippen LogP contribution in [-0.4, -0.2) is 18.3 Å². The van der Waals surface area contributed by atoms with Crippen LogP contribution in [0.3, 0.4) is 0 Å². The molecule has 2 aromatic rings. The summed E-state index contributed by atoms with van der Waals surface area (Å²) in [7, 11) is -4.12. The Balaban J connectivity index is 2.49. The first kappa shape index (κ1) is 15.5. The summed E-state index contributed by atoms with van der Waals surface area (Å²) in [6, 6.07) is 6.14. The molecule has 7 nitrogen and oxygen atoms in total. The normalized spacial score (nSPS) is 11.1. The van der Waals surface area contributed by atoms with Crippen molar-refractivity contribution in [1.82, 2.24) is 4.98 Å². The fourth-order valence-corrected chi connectivity index (χ4v) is 3.21. The maximum Gasteiger partial charge on any atom is 0.293 e. The Kier molecular flexibility index (Phi) is 4.31. The number of pyridine rings is 1. The molecule has 1 aromatic carbocycles. The standard InChI is InChI=1S/C11H7Cl2N3O4S/c12-7-3-4-9(16(17)18)8(6-7)15-21(19,20)10-2-1-5-14-11(10)13/h1-6,15H. The molecule has 21 heavy (non-hydrogen) atoms. The lowest BCUT2D eigenvalue weighted by Gasteiger charge is -2.09. The average Bonchev–Trinajstić information content (AvgIpc) is 2.38. The lowest BCUT2D eigenvalue weighted by Crippen LogP contribution is -2.15. The van der Waals surface area contributed by atoms with Crippen LogP contribution in [0, 0.1) is 10.1 Å². The predicted octanol–water partition coefficient (Wildman–Crippen LogP) is 3.10. The monoisotopic (exact) mass is 347 g/mol. The number of halogens is 2. The Morgan fingerprint density at radius 2 is 1.95 bits per heavy atom. The Morgan fingerprint density at radius 3 is 2.57 bits per heavy atom. The zero-order valence-corrected chi connectivity index (χ0v) is 12.5. The van der Waals surface area contributed by atoms with Crippen molar-refractivity contribution in [3.05, 3.63) is 56.8 Å². The Morgan fingerprint density at radius 1 is 1.24 bits per heavy atom. The first-order valence-electron chi connectivity index (χ1n) is 5.38. The molecule has 1 N–H and O–H groups in total. The molecule has 0 aliphatic heterocycles. The molecular formula is C11H7Cl2N3O4S. The fourth-order valence-electron chi connectivity index (χ4n) is 1.52. The molecule has 0 saturated carbocycles. The SMILES string of the molecule is O=[N+]([O-])c1ccc(Cl)cc1NS(=O)(=O)c1cccnc1Cl. The molecule has 0 atom stereocenters. The van der Waals surface area contributed by atoms with Crippen LogP contribution in [0.1, 0.15) is 0 Å². The lowest BCUT2D eigenvalue weighted by atomic mass is 10.3. The maximum absolute atomic E-state index is 12.2. The number of aromatic nitrogens is 1. The number of nitro groups is 1. The van der Waals surface area contributed by atoms with E-state index in [1.807, 2.05) is 0 Å². The molecule has 0 radical (unpaired) electrons. The molecule has 1 heterocycles. The van der Waals surface area contributed by atoms with E-state index < -0.39 is 20.6 Å². The van der Waals surface area contributed by atoms with Gasteiger partial charge in [0.15, 0.2) is 0 Å². The van der Waals surface area contributed by atoms with Gasteiger partial charge in [0, 0.05) is 17.3 Å². The molecule has 1 aromatic heterocycles. The van der Waals surface area contributed by atoms with Gasteiger partial charge >= 0.3 is 0 Å². The highest BCUT2D eigenvalue weighted by molar-refractivity contribution is 7.92. The summed E-state index contributed by atoms with van der Waals surface area (Å²) in [5.74, 6) is 0. The van der Waals surface area contributed by atoms with E-state index in [2.05, 4.69) is 9.71 Å². The van der Waals surface area contributed by atoms with Crippen LogP contribution in [0.25, 0.3) is 0 Å². The third kappa shape index (κ3) is 3.41. The van der Waals surface area contributed by atoms with Gasteiger partial charge in [0.2, 0.25) is 0 Å². The van der Waals surface area contributed by atoms with E-state index in [1.54, 1.807) is 0 Å². The second-order valence-electron chi connectivity index (χ2n) is 3.82. The topological polar surface area (TPSA) is 102 Å². The van der Waals surface area contributed by atoms with Crippen LogP contribution in [0.2, 0.25) is 10.2 Å². The Hall–Kier alpha value is -1.90. The summed E-state index contributed by atoms with van der Waals surface area (Å²) < 4.78 is 26.5. The van der Waals surface area contributed by atoms with Crippen LogP contribution >= 0.6 is 23.2 Å². The van der Waals surface area contributed by atoms with Crippen molar-refractivity contribution in [3.8, 4) is 0 Å².